The average molecular weight is 342 g/mol. The number of hydrogen-bond acceptors (Lipinski definition) is 5. The molecule has 24 heavy (non-hydrogen) atoms. The second-order valence-corrected chi connectivity index (χ2v) is 7.62. The summed E-state index contributed by atoms with van der Waals surface area (Å²) in [6, 6.07) is 0. The minimum Gasteiger partial charge on any atom is -0.480 e. The third-order valence-corrected chi connectivity index (χ3v) is 5.59. The van der Waals surface area contributed by atoms with Crippen molar-refractivity contribution in [2.24, 2.45) is 17.8 Å². The predicted molar refractivity (Wildman–Crippen MR) is 86.9 cm³/mol. The highest BCUT2D eigenvalue weighted by Gasteiger charge is 2.51. The lowest BCUT2D eigenvalue weighted by Gasteiger charge is -2.56. The smallest absolute Gasteiger partial charge is 0.329 e. The van der Waals surface area contributed by atoms with Crippen LogP contribution in [-0.2, 0) is 23.7 Å². The first kappa shape index (κ1) is 18.1. The van der Waals surface area contributed by atoms with Crippen LogP contribution >= 0.6 is 0 Å². The van der Waals surface area contributed by atoms with Crippen LogP contribution in [0.2, 0.25) is 0 Å². The second kappa shape index (κ2) is 8.61. The summed E-state index contributed by atoms with van der Waals surface area (Å²) in [6.07, 6.45) is 8.10. The van der Waals surface area contributed by atoms with Crippen molar-refractivity contribution in [3.05, 3.63) is 0 Å². The van der Waals surface area contributed by atoms with Crippen molar-refractivity contribution in [1.29, 1.82) is 0 Å². The first-order valence-corrected chi connectivity index (χ1v) is 9.24. The van der Waals surface area contributed by atoms with Gasteiger partial charge in [0.1, 0.15) is 6.61 Å². The number of carbonyl (C=O) groups is 1. The molecule has 0 heterocycles. The highest BCUT2D eigenvalue weighted by atomic mass is 16.6. The molecule has 4 saturated carbocycles. The van der Waals surface area contributed by atoms with Crippen molar-refractivity contribution >= 4 is 5.97 Å². The molecule has 1 N–H and O–H groups in total. The van der Waals surface area contributed by atoms with Crippen molar-refractivity contribution in [3.63, 3.8) is 0 Å². The molecule has 0 aromatic rings. The molecule has 0 unspecified atom stereocenters. The van der Waals surface area contributed by atoms with Gasteiger partial charge in [0.25, 0.3) is 0 Å². The molecule has 0 spiro atoms. The molecule has 0 atom stereocenters. The molecule has 0 aromatic heterocycles. The van der Waals surface area contributed by atoms with E-state index in [0.717, 1.165) is 17.8 Å². The van der Waals surface area contributed by atoms with Gasteiger partial charge in [-0.3, -0.25) is 0 Å². The lowest BCUT2D eigenvalue weighted by Crippen LogP contribution is -2.52. The number of ether oxygens (including phenoxy) is 4. The van der Waals surface area contributed by atoms with Gasteiger partial charge in [-0.15, -0.1) is 0 Å². The van der Waals surface area contributed by atoms with Crippen molar-refractivity contribution in [3.8, 4) is 0 Å². The van der Waals surface area contributed by atoms with Crippen molar-refractivity contribution in [2.75, 3.05) is 46.2 Å². The number of hydrogen-bond donors (Lipinski definition) is 1. The van der Waals surface area contributed by atoms with Gasteiger partial charge in [0.05, 0.1) is 45.2 Å². The molecular formula is C18H30O6. The van der Waals surface area contributed by atoms with Gasteiger partial charge >= 0.3 is 5.97 Å². The van der Waals surface area contributed by atoms with Gasteiger partial charge in [-0.05, 0) is 56.3 Å². The molecule has 4 fully saturated rings. The molecule has 4 aliphatic rings. The highest BCUT2D eigenvalue weighted by Crippen LogP contribution is 2.57. The van der Waals surface area contributed by atoms with Crippen LogP contribution in [0, 0.1) is 17.8 Å². The van der Waals surface area contributed by atoms with E-state index in [9.17, 15) is 4.79 Å². The zero-order valence-corrected chi connectivity index (χ0v) is 14.4. The minimum atomic E-state index is -0.961. The number of rotatable bonds is 12. The van der Waals surface area contributed by atoms with E-state index >= 15 is 0 Å². The Bertz CT molecular complexity index is 375. The third-order valence-electron chi connectivity index (χ3n) is 5.59. The van der Waals surface area contributed by atoms with E-state index in [0.29, 0.717) is 39.6 Å². The largest absolute Gasteiger partial charge is 0.480 e. The van der Waals surface area contributed by atoms with E-state index in [4.69, 9.17) is 24.1 Å². The molecule has 6 nitrogen and oxygen atoms in total. The monoisotopic (exact) mass is 342 g/mol. The lowest BCUT2D eigenvalue weighted by atomic mass is 9.54. The van der Waals surface area contributed by atoms with Crippen LogP contribution in [0.25, 0.3) is 0 Å². The summed E-state index contributed by atoms with van der Waals surface area (Å²) < 4.78 is 22.0. The SMILES string of the molecule is O=C(O)COCCOCCOCCOC12CC3CC(CC(C3)C1)C2. The van der Waals surface area contributed by atoms with Crippen LogP contribution < -0.4 is 0 Å². The summed E-state index contributed by atoms with van der Waals surface area (Å²) >= 11 is 0. The minimum absolute atomic E-state index is 0.163. The molecule has 0 aromatic carbocycles. The molecule has 4 bridgehead atoms. The van der Waals surface area contributed by atoms with E-state index in [1.54, 1.807) is 0 Å². The van der Waals surface area contributed by atoms with Crippen LogP contribution in [0.3, 0.4) is 0 Å². The predicted octanol–water partition coefficient (Wildman–Crippen LogP) is 2.11. The Balaban J connectivity index is 1.17. The van der Waals surface area contributed by atoms with E-state index in [-0.39, 0.29) is 12.2 Å². The van der Waals surface area contributed by atoms with Gasteiger partial charge in [0.2, 0.25) is 0 Å². The van der Waals surface area contributed by atoms with Crippen molar-refractivity contribution in [1.82, 2.24) is 0 Å². The molecule has 6 heteroatoms. The highest BCUT2D eigenvalue weighted by molar-refractivity contribution is 5.67. The van der Waals surface area contributed by atoms with Gasteiger partial charge in [0.15, 0.2) is 0 Å². The fraction of sp³-hybridized carbons (Fsp3) is 0.944. The lowest BCUT2D eigenvalue weighted by molar-refractivity contribution is -0.169. The van der Waals surface area contributed by atoms with Crippen molar-refractivity contribution < 1.29 is 28.8 Å². The maximum absolute atomic E-state index is 10.2. The van der Waals surface area contributed by atoms with Crippen LogP contribution in [0.15, 0.2) is 0 Å². The Hall–Kier alpha value is -0.690. The Kier molecular flexibility index (Phi) is 6.49. The molecule has 138 valence electrons. The Morgan fingerprint density at radius 3 is 1.75 bits per heavy atom. The topological polar surface area (TPSA) is 74.2 Å². The normalized spacial score (nSPS) is 33.9. The summed E-state index contributed by atoms with van der Waals surface area (Å²) in [5.41, 5.74) is 0.163. The fourth-order valence-corrected chi connectivity index (χ4v) is 5.12. The third kappa shape index (κ3) is 5.15. The summed E-state index contributed by atoms with van der Waals surface area (Å²) in [5.74, 6) is 1.77. The molecule has 4 aliphatic carbocycles. The zero-order chi connectivity index (χ0) is 16.8. The average Bonchev–Trinajstić information content (AvgIpc) is 2.51. The molecule has 0 radical (unpaired) electrons. The first-order valence-electron chi connectivity index (χ1n) is 9.24. The van der Waals surface area contributed by atoms with E-state index in [2.05, 4.69) is 0 Å². The van der Waals surface area contributed by atoms with Gasteiger partial charge in [-0.2, -0.15) is 0 Å². The summed E-state index contributed by atoms with van der Waals surface area (Å²) in [6.45, 7) is 2.72. The Labute approximate surface area is 143 Å². The van der Waals surface area contributed by atoms with E-state index in [1.807, 2.05) is 0 Å². The van der Waals surface area contributed by atoms with Gasteiger partial charge in [-0.25, -0.2) is 4.79 Å². The van der Waals surface area contributed by atoms with Gasteiger partial charge in [-0.1, -0.05) is 0 Å². The van der Waals surface area contributed by atoms with Crippen LogP contribution in [0.4, 0.5) is 0 Å². The quantitative estimate of drug-likeness (QED) is 0.548. The van der Waals surface area contributed by atoms with Crippen LogP contribution in [0.1, 0.15) is 38.5 Å². The Morgan fingerprint density at radius 2 is 1.25 bits per heavy atom. The van der Waals surface area contributed by atoms with Gasteiger partial charge < -0.3 is 24.1 Å². The van der Waals surface area contributed by atoms with Crippen LogP contribution in [0.5, 0.6) is 0 Å². The summed E-state index contributed by atoms with van der Waals surface area (Å²) in [7, 11) is 0. The summed E-state index contributed by atoms with van der Waals surface area (Å²) in [4.78, 5) is 10.2. The molecule has 0 aliphatic heterocycles. The molecule has 0 saturated heterocycles. The first-order chi connectivity index (χ1) is 11.7. The molecular weight excluding hydrogens is 312 g/mol. The van der Waals surface area contributed by atoms with Crippen LogP contribution in [-0.4, -0.2) is 62.9 Å². The Morgan fingerprint density at radius 1 is 0.792 bits per heavy atom. The van der Waals surface area contributed by atoms with Gasteiger partial charge in [0, 0.05) is 0 Å². The maximum Gasteiger partial charge on any atom is 0.329 e. The van der Waals surface area contributed by atoms with E-state index in [1.165, 1.54) is 38.5 Å². The number of carboxylic acid groups (broad SMARTS) is 1. The maximum atomic E-state index is 10.2. The molecule has 0 amide bonds. The second-order valence-electron chi connectivity index (χ2n) is 7.62. The van der Waals surface area contributed by atoms with E-state index < -0.39 is 5.97 Å². The summed E-state index contributed by atoms with van der Waals surface area (Å²) in [5, 5.41) is 8.40. The number of carboxylic acids is 1. The zero-order valence-electron chi connectivity index (χ0n) is 14.4. The number of aliphatic carboxylic acids is 1. The fourth-order valence-electron chi connectivity index (χ4n) is 5.12. The standard InChI is InChI=1S/C18H30O6/c19-17(20)13-23-4-3-21-1-2-22-5-6-24-18-10-14-7-15(11-18)9-16(8-14)12-18/h14-16H,1-13H2,(H,19,20). The molecule has 4 rings (SSSR count). The van der Waals surface area contributed by atoms with Crippen molar-refractivity contribution in [2.45, 2.75) is 44.1 Å².